The van der Waals surface area contributed by atoms with Gasteiger partial charge in [0.1, 0.15) is 5.65 Å². The summed E-state index contributed by atoms with van der Waals surface area (Å²) in [5, 5.41) is 4.71. The number of pyridine rings is 1. The number of rotatable bonds is 6. The van der Waals surface area contributed by atoms with E-state index in [9.17, 15) is 0 Å². The van der Waals surface area contributed by atoms with Gasteiger partial charge in [0, 0.05) is 61.4 Å². The van der Waals surface area contributed by atoms with Crippen LogP contribution >= 0.6 is 0 Å². The number of nitrogens with zero attached hydrogens (tertiary/aromatic N) is 5. The molecular weight excluding hydrogens is 683 g/mol. The van der Waals surface area contributed by atoms with Gasteiger partial charge >= 0.3 is 0 Å². The molecule has 0 saturated heterocycles. The van der Waals surface area contributed by atoms with Crippen LogP contribution in [-0.2, 0) is 0 Å². The minimum Gasteiger partial charge on any atom is -0.309 e. The van der Waals surface area contributed by atoms with Crippen LogP contribution in [0.4, 0.5) is 0 Å². The highest BCUT2D eigenvalue weighted by Crippen LogP contribution is 2.41. The fraction of sp³-hybridized carbons (Fsp3) is 0. The molecule has 0 amide bonds. The summed E-state index contributed by atoms with van der Waals surface area (Å²) in [6.07, 6.45) is 1.88. The molecule has 0 unspecified atom stereocenters. The van der Waals surface area contributed by atoms with E-state index in [-0.39, 0.29) is 0 Å². The summed E-state index contributed by atoms with van der Waals surface area (Å²) in [6.45, 7) is 0. The number of fused-ring (bicyclic) bond motifs is 6. The Morgan fingerprint density at radius 3 is 1.80 bits per heavy atom. The van der Waals surface area contributed by atoms with E-state index < -0.39 is 0 Å². The van der Waals surface area contributed by atoms with Crippen LogP contribution in [0.1, 0.15) is 0 Å². The zero-order chi connectivity index (χ0) is 37.0. The standard InChI is InChI=1S/C51H33N5/c1-4-15-34(16-5-1)45-33-46(54-50(53-45)35-17-6-2-7-18-35)37-19-12-22-39(31-37)55-47-27-11-10-23-41(47)42-25-13-24-40(49(42)55)36-28-29-48-44(32-36)43-26-14-30-52-51(43)56(48)38-20-8-3-9-21-38/h1-33H. The maximum atomic E-state index is 5.16. The SMILES string of the molecule is c1ccc(-c2cc(-c3cccc(-n4c5ccccc5c5cccc(-c6ccc7c(c6)c6cccnc6n7-c6ccccc6)c54)c3)nc(-c3ccccc3)n2)cc1. The zero-order valence-electron chi connectivity index (χ0n) is 30.3. The lowest BCUT2D eigenvalue weighted by molar-refractivity contribution is 1.14. The Kier molecular flexibility index (Phi) is 7.42. The van der Waals surface area contributed by atoms with Crippen LogP contribution in [-0.4, -0.2) is 24.1 Å². The molecule has 0 saturated carbocycles. The van der Waals surface area contributed by atoms with E-state index in [1.807, 2.05) is 36.5 Å². The smallest absolute Gasteiger partial charge is 0.160 e. The van der Waals surface area contributed by atoms with Crippen LogP contribution in [0.15, 0.2) is 200 Å². The number of benzene rings is 7. The molecule has 0 aliphatic heterocycles. The van der Waals surface area contributed by atoms with Crippen molar-refractivity contribution in [2.24, 2.45) is 0 Å². The number of aromatic nitrogens is 5. The van der Waals surface area contributed by atoms with Crippen molar-refractivity contribution in [1.29, 1.82) is 0 Å². The monoisotopic (exact) mass is 715 g/mol. The minimum atomic E-state index is 0.700. The predicted octanol–water partition coefficient (Wildman–Crippen LogP) is 12.7. The molecule has 0 fully saturated rings. The van der Waals surface area contributed by atoms with Gasteiger partial charge in [-0.2, -0.15) is 0 Å². The Morgan fingerprint density at radius 2 is 0.982 bits per heavy atom. The maximum Gasteiger partial charge on any atom is 0.160 e. The summed E-state index contributed by atoms with van der Waals surface area (Å²) < 4.78 is 4.68. The summed E-state index contributed by atoms with van der Waals surface area (Å²) >= 11 is 0. The van der Waals surface area contributed by atoms with Gasteiger partial charge in [0.2, 0.25) is 0 Å². The first kappa shape index (κ1) is 31.9. The third-order valence-corrected chi connectivity index (χ3v) is 10.8. The minimum absolute atomic E-state index is 0.700. The van der Waals surface area contributed by atoms with Crippen molar-refractivity contribution >= 4 is 43.7 Å². The highest BCUT2D eigenvalue weighted by molar-refractivity contribution is 6.15. The van der Waals surface area contributed by atoms with Crippen molar-refractivity contribution in [1.82, 2.24) is 24.1 Å². The Hall–Kier alpha value is -7.63. The quantitative estimate of drug-likeness (QED) is 0.172. The van der Waals surface area contributed by atoms with Gasteiger partial charge in [-0.1, -0.05) is 133 Å². The first-order valence-electron chi connectivity index (χ1n) is 18.9. The third kappa shape index (κ3) is 5.21. The van der Waals surface area contributed by atoms with E-state index in [1.165, 1.54) is 16.2 Å². The Bertz CT molecular complexity index is 3180. The highest BCUT2D eigenvalue weighted by Gasteiger charge is 2.20. The van der Waals surface area contributed by atoms with Crippen LogP contribution in [0.2, 0.25) is 0 Å². The summed E-state index contributed by atoms with van der Waals surface area (Å²) in [7, 11) is 0. The van der Waals surface area contributed by atoms with E-state index in [2.05, 4.69) is 173 Å². The number of hydrogen-bond donors (Lipinski definition) is 0. The Balaban J connectivity index is 1.12. The molecule has 4 heterocycles. The number of para-hydroxylation sites is 3. The molecule has 0 spiro atoms. The Morgan fingerprint density at radius 1 is 0.357 bits per heavy atom. The second-order valence-corrected chi connectivity index (χ2v) is 14.1. The molecule has 5 nitrogen and oxygen atoms in total. The molecule has 0 atom stereocenters. The lowest BCUT2D eigenvalue weighted by atomic mass is 10.00. The average molecular weight is 716 g/mol. The van der Waals surface area contributed by atoms with E-state index in [4.69, 9.17) is 15.0 Å². The van der Waals surface area contributed by atoms with Crippen molar-refractivity contribution in [2.45, 2.75) is 0 Å². The molecule has 0 N–H and O–H groups in total. The van der Waals surface area contributed by atoms with E-state index in [1.54, 1.807) is 0 Å². The lowest BCUT2D eigenvalue weighted by Crippen LogP contribution is -1.98. The topological polar surface area (TPSA) is 48.5 Å². The van der Waals surface area contributed by atoms with Gasteiger partial charge in [-0.25, -0.2) is 15.0 Å². The van der Waals surface area contributed by atoms with Crippen molar-refractivity contribution in [3.05, 3.63) is 200 Å². The first-order valence-corrected chi connectivity index (χ1v) is 18.9. The van der Waals surface area contributed by atoms with Crippen LogP contribution in [0.5, 0.6) is 0 Å². The third-order valence-electron chi connectivity index (χ3n) is 10.8. The summed E-state index contributed by atoms with van der Waals surface area (Å²) in [6, 6.07) is 68.3. The predicted molar refractivity (Wildman–Crippen MR) is 230 cm³/mol. The van der Waals surface area contributed by atoms with Crippen LogP contribution < -0.4 is 0 Å². The molecule has 0 radical (unpaired) electrons. The summed E-state index contributed by atoms with van der Waals surface area (Å²) in [4.78, 5) is 15.1. The van der Waals surface area contributed by atoms with Gasteiger partial charge in [-0.15, -0.1) is 0 Å². The zero-order valence-corrected chi connectivity index (χ0v) is 30.3. The first-order chi connectivity index (χ1) is 27.8. The molecule has 56 heavy (non-hydrogen) atoms. The van der Waals surface area contributed by atoms with E-state index in [0.29, 0.717) is 5.82 Å². The second-order valence-electron chi connectivity index (χ2n) is 14.1. The summed E-state index contributed by atoms with van der Waals surface area (Å²) in [5.74, 6) is 0.700. The van der Waals surface area contributed by atoms with Gasteiger partial charge < -0.3 is 4.57 Å². The lowest BCUT2D eigenvalue weighted by Gasteiger charge is -2.14. The van der Waals surface area contributed by atoms with Crippen molar-refractivity contribution in [3.63, 3.8) is 0 Å². The van der Waals surface area contributed by atoms with E-state index in [0.717, 1.165) is 78.2 Å². The average Bonchev–Trinajstić information content (AvgIpc) is 3.80. The van der Waals surface area contributed by atoms with Crippen LogP contribution in [0.3, 0.4) is 0 Å². The molecule has 4 aromatic heterocycles. The molecule has 5 heteroatoms. The fourth-order valence-electron chi connectivity index (χ4n) is 8.24. The molecule has 0 aliphatic rings. The Labute approximate surface area is 323 Å². The largest absolute Gasteiger partial charge is 0.309 e. The maximum absolute atomic E-state index is 5.16. The molecular formula is C51H33N5. The van der Waals surface area contributed by atoms with Gasteiger partial charge in [0.05, 0.1) is 27.9 Å². The van der Waals surface area contributed by atoms with Crippen LogP contribution in [0, 0.1) is 0 Å². The van der Waals surface area contributed by atoms with Crippen molar-refractivity contribution in [3.8, 4) is 56.4 Å². The number of hydrogen-bond acceptors (Lipinski definition) is 3. The van der Waals surface area contributed by atoms with Crippen molar-refractivity contribution in [2.75, 3.05) is 0 Å². The molecule has 11 rings (SSSR count). The van der Waals surface area contributed by atoms with Crippen LogP contribution in [0.25, 0.3) is 100 Å². The normalized spacial score (nSPS) is 11.6. The van der Waals surface area contributed by atoms with Gasteiger partial charge in [0.15, 0.2) is 5.82 Å². The molecule has 262 valence electrons. The van der Waals surface area contributed by atoms with E-state index >= 15 is 0 Å². The molecule has 7 aromatic carbocycles. The van der Waals surface area contributed by atoms with Gasteiger partial charge in [0.25, 0.3) is 0 Å². The molecule has 0 aliphatic carbocycles. The van der Waals surface area contributed by atoms with Crippen molar-refractivity contribution < 1.29 is 0 Å². The summed E-state index contributed by atoms with van der Waals surface area (Å²) in [5.41, 5.74) is 13.7. The molecule has 11 aromatic rings. The second kappa shape index (κ2) is 13.0. The highest BCUT2D eigenvalue weighted by atomic mass is 15.0. The molecule has 0 bridgehead atoms. The van der Waals surface area contributed by atoms with Gasteiger partial charge in [-0.3, -0.25) is 4.57 Å². The fourth-order valence-corrected chi connectivity index (χ4v) is 8.24. The van der Waals surface area contributed by atoms with Gasteiger partial charge in [-0.05, 0) is 66.2 Å².